The van der Waals surface area contributed by atoms with Gasteiger partial charge in [0.05, 0.1) is 7.11 Å². The molecule has 0 heterocycles. The molecule has 0 aromatic heterocycles. The van der Waals surface area contributed by atoms with Gasteiger partial charge in [-0.25, -0.2) is 0 Å². The van der Waals surface area contributed by atoms with Crippen LogP contribution in [0, 0.1) is 0 Å². The second kappa shape index (κ2) is 6.05. The van der Waals surface area contributed by atoms with Crippen LogP contribution in [0.25, 0.3) is 6.08 Å². The molecule has 92 valence electrons. The summed E-state index contributed by atoms with van der Waals surface area (Å²) in [5.41, 5.74) is 1.87. The van der Waals surface area contributed by atoms with Gasteiger partial charge in [0.25, 0.3) is 0 Å². The number of hydrogen-bond donors (Lipinski definition) is 0. The number of ketones is 1. The molecule has 0 aliphatic carbocycles. The van der Waals surface area contributed by atoms with Crippen LogP contribution in [0.1, 0.15) is 15.9 Å². The second-order valence-corrected chi connectivity index (χ2v) is 4.06. The quantitative estimate of drug-likeness (QED) is 0.471. The number of hydrogen-bond acceptors (Lipinski definition) is 2. The highest BCUT2D eigenvalue weighted by Crippen LogP contribution is 2.10. The lowest BCUT2D eigenvalue weighted by Gasteiger charge is -2.05. The van der Waals surface area contributed by atoms with E-state index in [0.29, 0.717) is 16.8 Å². The number of methoxy groups -OCH3 is 1. The summed E-state index contributed by atoms with van der Waals surface area (Å²) in [7, 11) is 7.39. The summed E-state index contributed by atoms with van der Waals surface area (Å²) >= 11 is 0. The molecule has 0 amide bonds. The topological polar surface area (TPSA) is 26.3 Å². The largest absolute Gasteiger partial charge is 0.497 e. The zero-order valence-corrected chi connectivity index (χ0v) is 10.7. The molecule has 0 aliphatic heterocycles. The Morgan fingerprint density at radius 1 is 1.16 bits per heavy atom. The van der Waals surface area contributed by atoms with Crippen LogP contribution in [0.5, 0.6) is 5.75 Å². The smallest absolute Gasteiger partial charge is 0.185 e. The Balaban J connectivity index is 2.19. The number of rotatable bonds is 4. The van der Waals surface area contributed by atoms with Crippen LogP contribution < -0.4 is 10.2 Å². The molecule has 2 aromatic carbocycles. The van der Waals surface area contributed by atoms with Crippen LogP contribution in [-0.4, -0.2) is 20.7 Å². The molecule has 2 nitrogen and oxygen atoms in total. The van der Waals surface area contributed by atoms with Crippen LogP contribution in [0.3, 0.4) is 0 Å². The fraction of sp³-hybridized carbons (Fsp3) is 0.0625. The first-order valence-electron chi connectivity index (χ1n) is 5.91. The molecule has 0 saturated heterocycles. The van der Waals surface area contributed by atoms with Gasteiger partial charge < -0.3 is 4.74 Å². The van der Waals surface area contributed by atoms with Crippen molar-refractivity contribution in [3.8, 4) is 5.75 Å². The molecule has 0 saturated carbocycles. The predicted molar refractivity (Wildman–Crippen MR) is 78.2 cm³/mol. The van der Waals surface area contributed by atoms with Gasteiger partial charge in [-0.3, -0.25) is 4.79 Å². The normalized spacial score (nSPS) is 10.6. The van der Waals surface area contributed by atoms with E-state index in [4.69, 9.17) is 12.6 Å². The lowest BCUT2D eigenvalue weighted by atomic mass is 9.88. The van der Waals surface area contributed by atoms with Crippen LogP contribution >= 0.6 is 0 Å². The Bertz CT molecular complexity index is 603. The number of benzene rings is 2. The van der Waals surface area contributed by atoms with E-state index in [1.165, 1.54) is 6.08 Å². The van der Waals surface area contributed by atoms with Crippen LogP contribution in [0.4, 0.5) is 0 Å². The Morgan fingerprint density at radius 2 is 1.89 bits per heavy atom. The Kier molecular flexibility index (Phi) is 4.19. The number of carbonyl (C=O) groups excluding carboxylic acids is 1. The predicted octanol–water partition coefficient (Wildman–Crippen LogP) is 2.39. The molecule has 2 aromatic rings. The van der Waals surface area contributed by atoms with E-state index in [0.717, 1.165) is 5.56 Å². The van der Waals surface area contributed by atoms with Gasteiger partial charge in [0, 0.05) is 5.56 Å². The van der Waals surface area contributed by atoms with Gasteiger partial charge in [-0.2, -0.15) is 0 Å². The van der Waals surface area contributed by atoms with Gasteiger partial charge in [-0.15, -0.1) is 0 Å². The third kappa shape index (κ3) is 3.35. The highest BCUT2D eigenvalue weighted by atomic mass is 16.5. The van der Waals surface area contributed by atoms with Crippen molar-refractivity contribution in [2.45, 2.75) is 0 Å². The average Bonchev–Trinajstić information content (AvgIpc) is 2.45. The molecule has 3 heteroatoms. The molecule has 19 heavy (non-hydrogen) atoms. The number of allylic oxidation sites excluding steroid dienone is 1. The van der Waals surface area contributed by atoms with Crippen LogP contribution in [0.15, 0.2) is 54.6 Å². The summed E-state index contributed by atoms with van der Waals surface area (Å²) in [5, 5.41) is 0. The van der Waals surface area contributed by atoms with E-state index < -0.39 is 0 Å². The standard InChI is InChI=1S/C16H13BO2/c1-19-13-8-9-14(15(17)11-13)16(18)10-7-12-5-3-2-4-6-12/h2-11H,1H3/b10-7+. The lowest BCUT2D eigenvalue weighted by Crippen LogP contribution is -2.14. The summed E-state index contributed by atoms with van der Waals surface area (Å²) < 4.78 is 5.05. The SMILES string of the molecule is [B]c1cc(OC)ccc1C(=O)/C=C/c1ccccc1. The van der Waals surface area contributed by atoms with E-state index >= 15 is 0 Å². The van der Waals surface area contributed by atoms with Crippen LogP contribution in [-0.2, 0) is 0 Å². The van der Waals surface area contributed by atoms with E-state index in [9.17, 15) is 4.79 Å². The molecule has 0 unspecified atom stereocenters. The molecule has 2 radical (unpaired) electrons. The number of carbonyl (C=O) groups is 1. The molecule has 0 fully saturated rings. The summed E-state index contributed by atoms with van der Waals surface area (Å²) in [5.74, 6) is 0.519. The third-order valence-electron chi connectivity index (χ3n) is 2.75. The Morgan fingerprint density at radius 3 is 2.53 bits per heavy atom. The minimum Gasteiger partial charge on any atom is -0.497 e. The van der Waals surface area contributed by atoms with Gasteiger partial charge in [0.2, 0.25) is 0 Å². The molecule has 0 aliphatic rings. The summed E-state index contributed by atoms with van der Waals surface area (Å²) in [6, 6.07) is 14.7. The summed E-state index contributed by atoms with van der Waals surface area (Å²) in [4.78, 5) is 12.0. The van der Waals surface area contributed by atoms with Gasteiger partial charge in [-0.05, 0) is 29.8 Å². The fourth-order valence-corrected chi connectivity index (χ4v) is 1.72. The molecule has 0 atom stereocenters. The summed E-state index contributed by atoms with van der Waals surface area (Å²) in [6.45, 7) is 0. The average molecular weight is 248 g/mol. The van der Waals surface area contributed by atoms with E-state index in [1.54, 1.807) is 31.4 Å². The first-order chi connectivity index (χ1) is 9.20. The minimum absolute atomic E-state index is 0.121. The van der Waals surface area contributed by atoms with Crippen molar-refractivity contribution in [1.29, 1.82) is 0 Å². The number of ether oxygens (including phenoxy) is 1. The van der Waals surface area contributed by atoms with Gasteiger partial charge in [-0.1, -0.05) is 41.9 Å². The molecule has 2 rings (SSSR count). The van der Waals surface area contributed by atoms with Gasteiger partial charge in [0.15, 0.2) is 5.78 Å². The van der Waals surface area contributed by atoms with E-state index in [1.807, 2.05) is 30.3 Å². The molecular weight excluding hydrogens is 235 g/mol. The first-order valence-corrected chi connectivity index (χ1v) is 5.91. The third-order valence-corrected chi connectivity index (χ3v) is 2.75. The van der Waals surface area contributed by atoms with Crippen molar-refractivity contribution in [2.24, 2.45) is 0 Å². The lowest BCUT2D eigenvalue weighted by molar-refractivity contribution is 0.104. The van der Waals surface area contributed by atoms with E-state index in [-0.39, 0.29) is 5.78 Å². The second-order valence-electron chi connectivity index (χ2n) is 4.06. The van der Waals surface area contributed by atoms with Gasteiger partial charge in [0.1, 0.15) is 13.6 Å². The fourth-order valence-electron chi connectivity index (χ4n) is 1.72. The van der Waals surface area contributed by atoms with Crippen molar-refractivity contribution < 1.29 is 9.53 Å². The zero-order valence-electron chi connectivity index (χ0n) is 10.7. The maximum absolute atomic E-state index is 12.0. The molecule has 0 spiro atoms. The van der Waals surface area contributed by atoms with Crippen molar-refractivity contribution in [1.82, 2.24) is 0 Å². The maximum atomic E-state index is 12.0. The Labute approximate surface area is 114 Å². The van der Waals surface area contributed by atoms with Crippen molar-refractivity contribution in [3.05, 3.63) is 65.7 Å². The van der Waals surface area contributed by atoms with Crippen LogP contribution in [0.2, 0.25) is 0 Å². The van der Waals surface area contributed by atoms with Crippen molar-refractivity contribution in [3.63, 3.8) is 0 Å². The van der Waals surface area contributed by atoms with Crippen molar-refractivity contribution >= 4 is 25.2 Å². The minimum atomic E-state index is -0.121. The van der Waals surface area contributed by atoms with Crippen molar-refractivity contribution in [2.75, 3.05) is 7.11 Å². The molecule has 0 N–H and O–H groups in total. The monoisotopic (exact) mass is 248 g/mol. The first kappa shape index (κ1) is 13.2. The molecule has 0 bridgehead atoms. The molecular formula is C16H13BO2. The maximum Gasteiger partial charge on any atom is 0.185 e. The highest BCUT2D eigenvalue weighted by molar-refractivity contribution is 6.37. The van der Waals surface area contributed by atoms with E-state index in [2.05, 4.69) is 0 Å². The van der Waals surface area contributed by atoms with Gasteiger partial charge >= 0.3 is 0 Å². The highest BCUT2D eigenvalue weighted by Gasteiger charge is 2.06. The Hall–Kier alpha value is -2.29. The zero-order chi connectivity index (χ0) is 13.7. The summed E-state index contributed by atoms with van der Waals surface area (Å²) in [6.07, 6.45) is 3.29.